The van der Waals surface area contributed by atoms with Gasteiger partial charge < -0.3 is 10.8 Å². The molecule has 0 aromatic rings. The zero-order valence-electron chi connectivity index (χ0n) is 8.06. The summed E-state index contributed by atoms with van der Waals surface area (Å²) in [5, 5.41) is 8.40. The molecule has 0 radical (unpaired) electrons. The molecule has 0 aliphatic rings. The fraction of sp³-hybridized carbons (Fsp3) is 0.857. The number of carboxylic acids is 1. The van der Waals surface area contributed by atoms with Crippen molar-refractivity contribution in [1.82, 2.24) is 4.72 Å². The smallest absolute Gasteiger partial charge is 0.321 e. The second kappa shape index (κ2) is 5.94. The van der Waals surface area contributed by atoms with Crippen LogP contribution in [0.25, 0.3) is 0 Å². The summed E-state index contributed by atoms with van der Waals surface area (Å²) in [6, 6.07) is -1.19. The third-order valence-corrected chi connectivity index (χ3v) is 3.04. The number of hydrogen-bond acceptors (Lipinski definition) is 4. The van der Waals surface area contributed by atoms with Crippen LogP contribution in [0.2, 0.25) is 0 Å². The van der Waals surface area contributed by atoms with Crippen LogP contribution in [-0.2, 0) is 14.8 Å². The predicted molar refractivity (Wildman–Crippen MR) is 52.3 cm³/mol. The normalized spacial score (nSPS) is 13.9. The lowest BCUT2D eigenvalue weighted by atomic mass is 10.3. The Bertz CT molecular complexity index is 275. The van der Waals surface area contributed by atoms with Crippen molar-refractivity contribution in [2.24, 2.45) is 5.73 Å². The Morgan fingerprint density at radius 1 is 1.57 bits per heavy atom. The van der Waals surface area contributed by atoms with E-state index in [-0.39, 0.29) is 12.3 Å². The second-order valence-corrected chi connectivity index (χ2v) is 4.89. The van der Waals surface area contributed by atoms with Crippen molar-refractivity contribution in [2.45, 2.75) is 25.8 Å². The second-order valence-electron chi connectivity index (χ2n) is 2.97. The Morgan fingerprint density at radius 3 is 2.57 bits per heavy atom. The van der Waals surface area contributed by atoms with E-state index >= 15 is 0 Å². The molecule has 7 heteroatoms. The molecule has 0 saturated heterocycles. The van der Waals surface area contributed by atoms with Gasteiger partial charge in [0.1, 0.15) is 6.04 Å². The Morgan fingerprint density at radius 2 is 2.14 bits per heavy atom. The van der Waals surface area contributed by atoms with Gasteiger partial charge >= 0.3 is 5.97 Å². The average Bonchev–Trinajstić information content (AvgIpc) is 2.11. The molecule has 0 amide bonds. The lowest BCUT2D eigenvalue weighted by Gasteiger charge is -2.08. The number of carboxylic acid groups (broad SMARTS) is 1. The maximum absolute atomic E-state index is 11.2. The van der Waals surface area contributed by atoms with E-state index in [1.54, 1.807) is 0 Å². The monoisotopic (exact) mass is 224 g/mol. The molecule has 0 spiro atoms. The van der Waals surface area contributed by atoms with E-state index in [1.165, 1.54) is 0 Å². The highest BCUT2D eigenvalue weighted by molar-refractivity contribution is 7.89. The van der Waals surface area contributed by atoms with Crippen molar-refractivity contribution in [1.29, 1.82) is 0 Å². The third-order valence-electron chi connectivity index (χ3n) is 1.61. The largest absolute Gasteiger partial charge is 0.480 e. The highest BCUT2D eigenvalue weighted by atomic mass is 32.2. The number of hydrogen-bond donors (Lipinski definition) is 3. The van der Waals surface area contributed by atoms with E-state index in [0.717, 1.165) is 6.42 Å². The molecule has 0 saturated carbocycles. The van der Waals surface area contributed by atoms with Crippen LogP contribution in [-0.4, -0.2) is 37.8 Å². The minimum Gasteiger partial charge on any atom is -0.480 e. The summed E-state index contributed by atoms with van der Waals surface area (Å²) in [6.45, 7) is 1.61. The van der Waals surface area contributed by atoms with Gasteiger partial charge in [-0.2, -0.15) is 0 Å². The number of unbranched alkanes of at least 4 members (excludes halogenated alkanes) is 1. The fourth-order valence-electron chi connectivity index (χ4n) is 0.711. The quantitative estimate of drug-likeness (QED) is 0.520. The van der Waals surface area contributed by atoms with Crippen molar-refractivity contribution in [3.05, 3.63) is 0 Å². The minimum atomic E-state index is -3.37. The van der Waals surface area contributed by atoms with Crippen LogP contribution in [0, 0.1) is 0 Å². The van der Waals surface area contributed by atoms with Crippen molar-refractivity contribution < 1.29 is 18.3 Å². The molecule has 0 bridgehead atoms. The van der Waals surface area contributed by atoms with Crippen LogP contribution < -0.4 is 10.5 Å². The van der Waals surface area contributed by atoms with Crippen molar-refractivity contribution in [2.75, 3.05) is 12.3 Å². The molecule has 0 aromatic heterocycles. The lowest BCUT2D eigenvalue weighted by Crippen LogP contribution is -2.43. The van der Waals surface area contributed by atoms with Gasteiger partial charge in [-0.15, -0.1) is 0 Å². The minimum absolute atomic E-state index is 0.00976. The van der Waals surface area contributed by atoms with Gasteiger partial charge in [0.15, 0.2) is 0 Å². The number of carbonyl (C=O) groups is 1. The summed E-state index contributed by atoms with van der Waals surface area (Å²) in [5.74, 6) is -1.21. The highest BCUT2D eigenvalue weighted by Crippen LogP contribution is 1.93. The Balaban J connectivity index is 3.93. The molecule has 0 unspecified atom stereocenters. The van der Waals surface area contributed by atoms with E-state index in [2.05, 4.69) is 4.72 Å². The van der Waals surface area contributed by atoms with Gasteiger partial charge in [0, 0.05) is 6.54 Å². The molecule has 0 aliphatic carbocycles. The molecule has 0 aromatic carbocycles. The summed E-state index contributed by atoms with van der Waals surface area (Å²) < 4.78 is 24.5. The number of nitrogens with two attached hydrogens (primary N) is 1. The Hall–Kier alpha value is -0.660. The van der Waals surface area contributed by atoms with Crippen molar-refractivity contribution in [3.63, 3.8) is 0 Å². The summed E-state index contributed by atoms with van der Waals surface area (Å²) in [6.07, 6.45) is 1.32. The van der Waals surface area contributed by atoms with E-state index in [4.69, 9.17) is 10.8 Å². The molecule has 0 aliphatic heterocycles. The summed E-state index contributed by atoms with van der Waals surface area (Å²) in [7, 11) is -3.37. The molecule has 0 rings (SSSR count). The Labute approximate surface area is 83.5 Å². The SMILES string of the molecule is CCCCS(=O)(=O)NC[C@H](N)C(=O)O. The van der Waals surface area contributed by atoms with Crippen molar-refractivity contribution in [3.8, 4) is 0 Å². The standard InChI is InChI=1S/C7H16N2O4S/c1-2-3-4-14(12,13)9-5-6(8)7(10)11/h6,9H,2-5,8H2,1H3,(H,10,11)/t6-/m0/s1. The van der Waals surface area contributed by atoms with Crippen LogP contribution in [0.15, 0.2) is 0 Å². The molecule has 6 nitrogen and oxygen atoms in total. The van der Waals surface area contributed by atoms with E-state index in [1.807, 2.05) is 6.92 Å². The maximum Gasteiger partial charge on any atom is 0.321 e. The molecule has 84 valence electrons. The topological polar surface area (TPSA) is 109 Å². The van der Waals surface area contributed by atoms with Gasteiger partial charge in [-0.3, -0.25) is 4.79 Å². The first-order chi connectivity index (χ1) is 6.39. The van der Waals surface area contributed by atoms with Crippen LogP contribution in [0.3, 0.4) is 0 Å². The highest BCUT2D eigenvalue weighted by Gasteiger charge is 2.15. The van der Waals surface area contributed by atoms with Gasteiger partial charge in [-0.25, -0.2) is 13.1 Å². The molecule has 1 atom stereocenters. The molecule has 14 heavy (non-hydrogen) atoms. The summed E-state index contributed by atoms with van der Waals surface area (Å²) in [5.41, 5.74) is 5.13. The summed E-state index contributed by atoms with van der Waals surface area (Å²) >= 11 is 0. The first kappa shape index (κ1) is 13.3. The molecular formula is C7H16N2O4S. The molecule has 0 fully saturated rings. The lowest BCUT2D eigenvalue weighted by molar-refractivity contribution is -0.138. The maximum atomic E-state index is 11.2. The number of aliphatic carboxylic acids is 1. The van der Waals surface area contributed by atoms with Crippen molar-refractivity contribution >= 4 is 16.0 Å². The van der Waals surface area contributed by atoms with E-state index < -0.39 is 22.0 Å². The van der Waals surface area contributed by atoms with Gasteiger partial charge in [0.25, 0.3) is 0 Å². The predicted octanol–water partition coefficient (Wildman–Crippen LogP) is -0.882. The number of sulfonamides is 1. The van der Waals surface area contributed by atoms with Crippen LogP contribution in [0.1, 0.15) is 19.8 Å². The first-order valence-corrected chi connectivity index (χ1v) is 6.00. The van der Waals surface area contributed by atoms with Gasteiger partial charge in [0.05, 0.1) is 5.75 Å². The average molecular weight is 224 g/mol. The fourth-order valence-corrected chi connectivity index (χ4v) is 1.96. The molecule has 4 N–H and O–H groups in total. The number of rotatable bonds is 7. The van der Waals surface area contributed by atoms with E-state index in [0.29, 0.717) is 6.42 Å². The van der Waals surface area contributed by atoms with Crippen LogP contribution >= 0.6 is 0 Å². The zero-order chi connectivity index (χ0) is 11.2. The Kier molecular flexibility index (Phi) is 5.66. The zero-order valence-corrected chi connectivity index (χ0v) is 8.88. The van der Waals surface area contributed by atoms with Crippen LogP contribution in [0.5, 0.6) is 0 Å². The number of nitrogens with one attached hydrogen (secondary N) is 1. The molecular weight excluding hydrogens is 208 g/mol. The first-order valence-electron chi connectivity index (χ1n) is 4.34. The summed E-state index contributed by atoms with van der Waals surface area (Å²) in [4.78, 5) is 10.3. The van der Waals surface area contributed by atoms with Gasteiger partial charge in [-0.1, -0.05) is 13.3 Å². The van der Waals surface area contributed by atoms with Crippen LogP contribution in [0.4, 0.5) is 0 Å². The molecule has 0 heterocycles. The van der Waals surface area contributed by atoms with Gasteiger partial charge in [0.2, 0.25) is 10.0 Å². The van der Waals surface area contributed by atoms with E-state index in [9.17, 15) is 13.2 Å². The van der Waals surface area contributed by atoms with Gasteiger partial charge in [-0.05, 0) is 6.42 Å². The third kappa shape index (κ3) is 5.90.